The van der Waals surface area contributed by atoms with E-state index >= 15 is 0 Å². The quantitative estimate of drug-likeness (QED) is 0.672. The lowest BCUT2D eigenvalue weighted by molar-refractivity contribution is -0.111. The Labute approximate surface area is 153 Å². The van der Waals surface area contributed by atoms with Gasteiger partial charge in [0.05, 0.1) is 5.69 Å². The second kappa shape index (κ2) is 7.70. The molecule has 3 rings (SSSR count). The molecule has 2 aromatic carbocycles. The second-order valence-electron chi connectivity index (χ2n) is 6.10. The Balaban J connectivity index is 1.61. The van der Waals surface area contributed by atoms with Crippen LogP contribution in [0.3, 0.4) is 0 Å². The molecule has 0 atom stereocenters. The Morgan fingerprint density at radius 3 is 2.19 bits per heavy atom. The Hall–Kier alpha value is -3.34. The molecular weight excluding hydrogens is 324 g/mol. The third-order valence-electron chi connectivity index (χ3n) is 4.18. The van der Waals surface area contributed by atoms with E-state index in [9.17, 15) is 4.79 Å². The van der Waals surface area contributed by atoms with E-state index in [2.05, 4.69) is 15.7 Å². The smallest absolute Gasteiger partial charge is 0.248 e. The number of rotatable bonds is 5. The van der Waals surface area contributed by atoms with Gasteiger partial charge in [-0.2, -0.15) is 5.10 Å². The first-order valence-corrected chi connectivity index (χ1v) is 8.44. The zero-order chi connectivity index (χ0) is 18.5. The molecule has 0 spiro atoms. The van der Waals surface area contributed by atoms with Crippen molar-refractivity contribution in [1.29, 1.82) is 0 Å². The first kappa shape index (κ1) is 17.5. The highest BCUT2D eigenvalue weighted by atomic mass is 16.1. The number of aryl methyl sites for hydroxylation is 2. The van der Waals surface area contributed by atoms with Crippen LogP contribution in [-0.4, -0.2) is 15.7 Å². The van der Waals surface area contributed by atoms with Gasteiger partial charge >= 0.3 is 0 Å². The number of amides is 1. The van der Waals surface area contributed by atoms with E-state index in [1.807, 2.05) is 80.2 Å². The largest absolute Gasteiger partial charge is 0.356 e. The van der Waals surface area contributed by atoms with Crippen LogP contribution in [-0.2, 0) is 11.8 Å². The Bertz CT molecular complexity index is 925. The predicted molar refractivity (Wildman–Crippen MR) is 107 cm³/mol. The average molecular weight is 346 g/mol. The van der Waals surface area contributed by atoms with E-state index in [-0.39, 0.29) is 5.91 Å². The molecule has 3 aromatic rings. The molecular formula is C21H22N4O. The summed E-state index contributed by atoms with van der Waals surface area (Å²) in [5.41, 5.74) is 5.65. The number of benzene rings is 2. The monoisotopic (exact) mass is 346 g/mol. The van der Waals surface area contributed by atoms with Gasteiger partial charge in [-0.15, -0.1) is 0 Å². The third-order valence-corrected chi connectivity index (χ3v) is 4.18. The Kier molecular flexibility index (Phi) is 5.17. The van der Waals surface area contributed by atoms with E-state index < -0.39 is 0 Å². The molecule has 0 bridgehead atoms. The van der Waals surface area contributed by atoms with E-state index in [1.54, 1.807) is 6.08 Å². The molecule has 5 nitrogen and oxygen atoms in total. The van der Waals surface area contributed by atoms with Crippen molar-refractivity contribution in [3.05, 3.63) is 77.6 Å². The summed E-state index contributed by atoms with van der Waals surface area (Å²) in [6, 6.07) is 17.6. The zero-order valence-electron chi connectivity index (χ0n) is 15.2. The van der Waals surface area contributed by atoms with Gasteiger partial charge in [0, 0.05) is 41.4 Å². The first-order chi connectivity index (χ1) is 12.5. The van der Waals surface area contributed by atoms with Crippen molar-refractivity contribution in [2.45, 2.75) is 13.8 Å². The molecule has 0 unspecified atom stereocenters. The molecule has 1 heterocycles. The maximum atomic E-state index is 12.2. The van der Waals surface area contributed by atoms with Crippen LogP contribution in [0, 0.1) is 13.8 Å². The molecule has 0 radical (unpaired) electrons. The Morgan fingerprint density at radius 2 is 1.58 bits per heavy atom. The highest BCUT2D eigenvalue weighted by Gasteiger charge is 2.06. The number of nitrogens with one attached hydrogen (secondary N) is 2. The molecule has 0 fully saturated rings. The van der Waals surface area contributed by atoms with E-state index in [0.717, 1.165) is 34.0 Å². The van der Waals surface area contributed by atoms with Crippen LogP contribution in [0.2, 0.25) is 0 Å². The minimum atomic E-state index is -0.170. The molecule has 1 aromatic heterocycles. The van der Waals surface area contributed by atoms with Crippen LogP contribution in [0.5, 0.6) is 0 Å². The summed E-state index contributed by atoms with van der Waals surface area (Å²) >= 11 is 0. The Morgan fingerprint density at radius 1 is 0.962 bits per heavy atom. The maximum Gasteiger partial charge on any atom is 0.248 e. The number of para-hydroxylation sites is 1. The minimum Gasteiger partial charge on any atom is -0.356 e. The van der Waals surface area contributed by atoms with Crippen molar-refractivity contribution in [3.8, 4) is 0 Å². The molecule has 0 saturated heterocycles. The fourth-order valence-corrected chi connectivity index (χ4v) is 2.70. The number of carbonyl (C=O) groups excluding carboxylic acids is 1. The van der Waals surface area contributed by atoms with Crippen molar-refractivity contribution in [2.75, 3.05) is 10.6 Å². The van der Waals surface area contributed by atoms with E-state index in [4.69, 9.17) is 0 Å². The van der Waals surface area contributed by atoms with Crippen molar-refractivity contribution >= 4 is 29.0 Å². The van der Waals surface area contributed by atoms with Crippen molar-refractivity contribution in [3.63, 3.8) is 0 Å². The SMILES string of the molecule is Cc1nn(C)c(C)c1C=CC(=O)Nc1ccc(Nc2ccccc2)cc1. The van der Waals surface area contributed by atoms with Gasteiger partial charge in [-0.25, -0.2) is 0 Å². The lowest BCUT2D eigenvalue weighted by atomic mass is 10.2. The van der Waals surface area contributed by atoms with Gasteiger partial charge in [0.25, 0.3) is 0 Å². The van der Waals surface area contributed by atoms with Gasteiger partial charge in [-0.05, 0) is 56.3 Å². The average Bonchev–Trinajstić information content (AvgIpc) is 2.88. The summed E-state index contributed by atoms with van der Waals surface area (Å²) in [6.45, 7) is 3.92. The maximum absolute atomic E-state index is 12.2. The number of hydrogen-bond donors (Lipinski definition) is 2. The summed E-state index contributed by atoms with van der Waals surface area (Å²) in [6.07, 6.45) is 3.34. The van der Waals surface area contributed by atoms with Crippen LogP contribution >= 0.6 is 0 Å². The number of anilines is 3. The topological polar surface area (TPSA) is 59.0 Å². The van der Waals surface area contributed by atoms with Crippen LogP contribution in [0.15, 0.2) is 60.7 Å². The van der Waals surface area contributed by atoms with Crippen molar-refractivity contribution in [1.82, 2.24) is 9.78 Å². The summed E-state index contributed by atoms with van der Waals surface area (Å²) in [7, 11) is 1.89. The molecule has 132 valence electrons. The second-order valence-corrected chi connectivity index (χ2v) is 6.10. The highest BCUT2D eigenvalue weighted by molar-refractivity contribution is 6.02. The molecule has 5 heteroatoms. The molecule has 2 N–H and O–H groups in total. The first-order valence-electron chi connectivity index (χ1n) is 8.44. The van der Waals surface area contributed by atoms with Gasteiger partial charge in [0.1, 0.15) is 0 Å². The van der Waals surface area contributed by atoms with Crippen LogP contribution in [0.25, 0.3) is 6.08 Å². The highest BCUT2D eigenvalue weighted by Crippen LogP contribution is 2.19. The summed E-state index contributed by atoms with van der Waals surface area (Å²) in [4.78, 5) is 12.2. The fourth-order valence-electron chi connectivity index (χ4n) is 2.70. The number of hydrogen-bond acceptors (Lipinski definition) is 3. The zero-order valence-corrected chi connectivity index (χ0v) is 15.2. The number of nitrogens with zero attached hydrogens (tertiary/aromatic N) is 2. The molecule has 1 amide bonds. The molecule has 0 aliphatic rings. The lowest BCUT2D eigenvalue weighted by Gasteiger charge is -2.07. The normalized spacial score (nSPS) is 10.9. The molecule has 26 heavy (non-hydrogen) atoms. The summed E-state index contributed by atoms with van der Waals surface area (Å²) < 4.78 is 1.81. The fraction of sp³-hybridized carbons (Fsp3) is 0.143. The van der Waals surface area contributed by atoms with Gasteiger partial charge in [0.2, 0.25) is 5.91 Å². The van der Waals surface area contributed by atoms with Gasteiger partial charge in [-0.3, -0.25) is 9.48 Å². The lowest BCUT2D eigenvalue weighted by Crippen LogP contribution is -2.07. The van der Waals surface area contributed by atoms with Crippen LogP contribution < -0.4 is 10.6 Å². The number of carbonyl (C=O) groups is 1. The van der Waals surface area contributed by atoms with Gasteiger partial charge < -0.3 is 10.6 Å². The van der Waals surface area contributed by atoms with Gasteiger partial charge in [-0.1, -0.05) is 18.2 Å². The predicted octanol–water partition coefficient (Wildman–Crippen LogP) is 4.43. The van der Waals surface area contributed by atoms with Crippen molar-refractivity contribution in [2.24, 2.45) is 7.05 Å². The minimum absolute atomic E-state index is 0.170. The van der Waals surface area contributed by atoms with E-state index in [1.165, 1.54) is 6.08 Å². The van der Waals surface area contributed by atoms with Crippen molar-refractivity contribution < 1.29 is 4.79 Å². The molecule has 0 aliphatic heterocycles. The molecule has 0 saturated carbocycles. The third kappa shape index (κ3) is 4.19. The van der Waals surface area contributed by atoms with Crippen LogP contribution in [0.1, 0.15) is 17.0 Å². The van der Waals surface area contributed by atoms with E-state index in [0.29, 0.717) is 0 Å². The van der Waals surface area contributed by atoms with Crippen LogP contribution in [0.4, 0.5) is 17.1 Å². The standard InChI is InChI=1S/C21H22N4O/c1-15-20(16(2)25(3)24-15)13-14-21(26)23-19-11-9-18(10-12-19)22-17-7-5-4-6-8-17/h4-14,22H,1-3H3,(H,23,26). The molecule has 0 aliphatic carbocycles. The summed E-state index contributed by atoms with van der Waals surface area (Å²) in [5.74, 6) is -0.170. The number of aromatic nitrogens is 2. The van der Waals surface area contributed by atoms with Gasteiger partial charge in [0.15, 0.2) is 0 Å². The summed E-state index contributed by atoms with van der Waals surface area (Å²) in [5, 5.41) is 10.5.